The number of hydrogen-bond donors (Lipinski definition) is 1. The molecule has 1 unspecified atom stereocenters. The molecular formula is C24H26ClF2N2O+. The molecule has 1 aliphatic carbocycles. The van der Waals surface area contributed by atoms with Crippen LogP contribution in [0.25, 0.3) is 0 Å². The lowest BCUT2D eigenvalue weighted by Gasteiger charge is -2.40. The summed E-state index contributed by atoms with van der Waals surface area (Å²) in [5.41, 5.74) is 1.34. The first-order chi connectivity index (χ1) is 14.5. The second kappa shape index (κ2) is 7.40. The Hall–Kier alpha value is -1.82. The SMILES string of the molecule is O=C(c1c(F)cccc1F)[N+]1(CC2CCC2)CC2(CCNCC2)c2cc(Cl)ccc21. The molecule has 5 rings (SSSR count). The summed E-state index contributed by atoms with van der Waals surface area (Å²) in [6, 6.07) is 9.37. The number of rotatable bonds is 3. The summed E-state index contributed by atoms with van der Waals surface area (Å²) in [4.78, 5) is 14.0. The van der Waals surface area contributed by atoms with Gasteiger partial charge in [0.25, 0.3) is 0 Å². The molecule has 6 heteroatoms. The van der Waals surface area contributed by atoms with Crippen LogP contribution in [0.3, 0.4) is 0 Å². The highest BCUT2D eigenvalue weighted by molar-refractivity contribution is 6.30. The third-order valence-electron chi connectivity index (χ3n) is 7.48. The van der Waals surface area contributed by atoms with E-state index in [1.807, 2.05) is 12.1 Å². The zero-order valence-electron chi connectivity index (χ0n) is 16.9. The molecule has 2 fully saturated rings. The van der Waals surface area contributed by atoms with Crippen LogP contribution in [0.15, 0.2) is 36.4 Å². The van der Waals surface area contributed by atoms with E-state index in [2.05, 4.69) is 5.32 Å². The number of benzene rings is 2. The van der Waals surface area contributed by atoms with Gasteiger partial charge in [-0.3, -0.25) is 0 Å². The van der Waals surface area contributed by atoms with E-state index in [1.54, 1.807) is 6.07 Å². The van der Waals surface area contributed by atoms with Gasteiger partial charge in [0.05, 0.1) is 12.0 Å². The van der Waals surface area contributed by atoms with E-state index in [9.17, 15) is 13.6 Å². The van der Waals surface area contributed by atoms with Gasteiger partial charge in [-0.1, -0.05) is 24.1 Å². The van der Waals surface area contributed by atoms with Crippen molar-refractivity contribution in [2.24, 2.45) is 5.92 Å². The number of nitrogens with zero attached hydrogens (tertiary/aromatic N) is 1. The Bertz CT molecular complexity index is 980. The number of halogens is 3. The van der Waals surface area contributed by atoms with Crippen LogP contribution in [-0.2, 0) is 5.41 Å². The summed E-state index contributed by atoms with van der Waals surface area (Å²) in [5.74, 6) is -1.64. The maximum atomic E-state index is 14.7. The molecule has 158 valence electrons. The van der Waals surface area contributed by atoms with Gasteiger partial charge in [-0.15, -0.1) is 0 Å². The summed E-state index contributed by atoms with van der Waals surface area (Å²) in [7, 11) is 0. The fraction of sp³-hybridized carbons (Fsp3) is 0.458. The van der Waals surface area contributed by atoms with E-state index in [-0.39, 0.29) is 9.90 Å². The largest absolute Gasteiger partial charge is 0.356 e. The van der Waals surface area contributed by atoms with E-state index in [1.165, 1.54) is 18.2 Å². The Kier molecular flexibility index (Phi) is 4.96. The Balaban J connectivity index is 1.70. The van der Waals surface area contributed by atoms with Crippen molar-refractivity contribution in [1.29, 1.82) is 0 Å². The molecule has 1 N–H and O–H groups in total. The molecule has 0 bridgehead atoms. The predicted molar refractivity (Wildman–Crippen MR) is 115 cm³/mol. The van der Waals surface area contributed by atoms with Crippen molar-refractivity contribution in [1.82, 2.24) is 9.80 Å². The van der Waals surface area contributed by atoms with Gasteiger partial charge >= 0.3 is 5.91 Å². The van der Waals surface area contributed by atoms with Crippen LogP contribution in [0.1, 0.15) is 48.0 Å². The van der Waals surface area contributed by atoms with Crippen LogP contribution in [0.5, 0.6) is 0 Å². The Morgan fingerprint density at radius 3 is 2.47 bits per heavy atom. The minimum atomic E-state index is -0.784. The molecule has 2 aromatic rings. The highest BCUT2D eigenvalue weighted by Gasteiger charge is 2.59. The number of nitrogens with one attached hydrogen (secondary N) is 1. The Labute approximate surface area is 180 Å². The smallest absolute Gasteiger partial charge is 0.317 e. The third kappa shape index (κ3) is 3.02. The summed E-state index contributed by atoms with van der Waals surface area (Å²) in [6.45, 7) is 2.86. The normalized spacial score (nSPS) is 25.2. The molecular weight excluding hydrogens is 406 g/mol. The summed E-state index contributed by atoms with van der Waals surface area (Å²) < 4.78 is 29.5. The average molecular weight is 432 g/mol. The summed E-state index contributed by atoms with van der Waals surface area (Å²) in [6.07, 6.45) is 5.04. The first-order valence-electron chi connectivity index (χ1n) is 10.8. The van der Waals surface area contributed by atoms with Gasteiger partial charge in [0.2, 0.25) is 0 Å². The number of amides is 1. The lowest BCUT2D eigenvalue weighted by Crippen LogP contribution is -2.60. The van der Waals surface area contributed by atoms with Gasteiger partial charge in [0.1, 0.15) is 23.9 Å². The highest BCUT2D eigenvalue weighted by Crippen LogP contribution is 2.52. The Morgan fingerprint density at radius 2 is 1.83 bits per heavy atom. The van der Waals surface area contributed by atoms with Gasteiger partial charge < -0.3 is 5.32 Å². The zero-order chi connectivity index (χ0) is 20.9. The van der Waals surface area contributed by atoms with Crippen LogP contribution in [0.2, 0.25) is 5.02 Å². The molecule has 0 aromatic heterocycles. The number of carbonyl (C=O) groups excluding carboxylic acids is 1. The lowest BCUT2D eigenvalue weighted by atomic mass is 9.74. The molecule has 3 nitrogen and oxygen atoms in total. The number of quaternary nitrogens is 1. The van der Waals surface area contributed by atoms with Gasteiger partial charge in [-0.25, -0.2) is 18.1 Å². The second-order valence-corrected chi connectivity index (χ2v) is 9.64. The molecule has 2 heterocycles. The number of fused-ring (bicyclic) bond motifs is 2. The molecule has 2 aromatic carbocycles. The van der Waals surface area contributed by atoms with Gasteiger partial charge in [0, 0.05) is 22.6 Å². The minimum absolute atomic E-state index is 0.00494. The van der Waals surface area contributed by atoms with Crippen molar-refractivity contribution >= 4 is 23.2 Å². The van der Waals surface area contributed by atoms with Gasteiger partial charge in [-0.2, -0.15) is 0 Å². The predicted octanol–water partition coefficient (Wildman–Crippen LogP) is 5.20. The highest BCUT2D eigenvalue weighted by atomic mass is 35.5. The van der Waals surface area contributed by atoms with E-state index >= 15 is 0 Å². The van der Waals surface area contributed by atoms with Crippen molar-refractivity contribution in [2.75, 3.05) is 26.2 Å². The standard InChI is InChI=1S/C24H26ClF2N2O/c25-17-7-8-21-18(13-17)24(9-11-28-12-10-24)15-29(21,14-16-3-1-4-16)23(30)22-19(26)5-2-6-20(22)27/h2,5-8,13,16,28H,1,3-4,9-12,14-15H2/q+1. The fourth-order valence-corrected chi connectivity index (χ4v) is 5.96. The zero-order valence-corrected chi connectivity index (χ0v) is 17.7. The third-order valence-corrected chi connectivity index (χ3v) is 7.72. The maximum absolute atomic E-state index is 14.7. The second-order valence-electron chi connectivity index (χ2n) is 9.20. The van der Waals surface area contributed by atoms with Crippen molar-refractivity contribution in [3.05, 3.63) is 64.2 Å². The molecule has 1 spiro atoms. The molecule has 1 saturated heterocycles. The molecule has 3 aliphatic rings. The van der Waals surface area contributed by atoms with E-state index in [4.69, 9.17) is 11.6 Å². The van der Waals surface area contributed by atoms with Crippen LogP contribution < -0.4 is 9.80 Å². The number of piperidine rings is 1. The molecule has 1 saturated carbocycles. The Morgan fingerprint density at radius 1 is 1.13 bits per heavy atom. The van der Waals surface area contributed by atoms with Crippen LogP contribution in [0.4, 0.5) is 14.5 Å². The summed E-state index contributed by atoms with van der Waals surface area (Å²) in [5, 5.41) is 4.04. The topological polar surface area (TPSA) is 29.1 Å². The molecule has 0 radical (unpaired) electrons. The quantitative estimate of drug-likeness (QED) is 0.677. The first-order valence-corrected chi connectivity index (χ1v) is 11.2. The van der Waals surface area contributed by atoms with Crippen molar-refractivity contribution in [3.63, 3.8) is 0 Å². The van der Waals surface area contributed by atoms with Crippen molar-refractivity contribution in [3.8, 4) is 0 Å². The van der Waals surface area contributed by atoms with Gasteiger partial charge in [0.15, 0.2) is 5.56 Å². The van der Waals surface area contributed by atoms with E-state index in [0.717, 1.165) is 56.4 Å². The number of hydrogen-bond acceptors (Lipinski definition) is 2. The van der Waals surface area contributed by atoms with E-state index < -0.39 is 23.1 Å². The summed E-state index contributed by atoms with van der Waals surface area (Å²) >= 11 is 6.38. The molecule has 2 aliphatic heterocycles. The van der Waals surface area contributed by atoms with E-state index in [0.29, 0.717) is 24.0 Å². The molecule has 1 amide bonds. The molecule has 1 atom stereocenters. The molecule has 30 heavy (non-hydrogen) atoms. The lowest BCUT2D eigenvalue weighted by molar-refractivity contribution is 0.0668. The minimum Gasteiger partial charge on any atom is -0.317 e. The fourth-order valence-electron chi connectivity index (χ4n) is 5.79. The first kappa shape index (κ1) is 20.1. The monoisotopic (exact) mass is 431 g/mol. The maximum Gasteiger partial charge on any atom is 0.356 e. The van der Waals surface area contributed by atoms with Crippen LogP contribution in [-0.4, -0.2) is 32.1 Å². The number of carbonyl (C=O) groups is 1. The van der Waals surface area contributed by atoms with Crippen LogP contribution in [0, 0.1) is 17.6 Å². The average Bonchev–Trinajstić information content (AvgIpc) is 2.95. The van der Waals surface area contributed by atoms with Gasteiger partial charge in [-0.05, 0) is 63.0 Å². The van der Waals surface area contributed by atoms with Crippen molar-refractivity contribution < 1.29 is 13.6 Å². The van der Waals surface area contributed by atoms with Crippen LogP contribution >= 0.6 is 11.6 Å². The van der Waals surface area contributed by atoms with Crippen molar-refractivity contribution in [2.45, 2.75) is 37.5 Å².